The number of amidine groups is 2. The molecule has 5 N–H and O–H groups in total. The number of nitrogens with zero attached hydrogens (tertiary/aromatic N) is 4. The number of benzene rings is 2. The Morgan fingerprint density at radius 3 is 2.02 bits per heavy atom. The van der Waals surface area contributed by atoms with Crippen molar-refractivity contribution < 1.29 is 34.0 Å². The quantitative estimate of drug-likeness (QED) is 0.257. The first-order chi connectivity index (χ1) is 28.4. The van der Waals surface area contributed by atoms with Gasteiger partial charge in [-0.2, -0.15) is 4.79 Å². The van der Waals surface area contributed by atoms with E-state index in [0.29, 0.717) is 13.1 Å². The third kappa shape index (κ3) is 8.78. The van der Waals surface area contributed by atoms with E-state index in [2.05, 4.69) is 83.6 Å². The van der Waals surface area contributed by atoms with Gasteiger partial charge in [-0.1, -0.05) is 82.3 Å². The van der Waals surface area contributed by atoms with Crippen LogP contribution in [0.15, 0.2) is 76.4 Å². The summed E-state index contributed by atoms with van der Waals surface area (Å²) >= 11 is 0. The van der Waals surface area contributed by atoms with E-state index in [4.69, 9.17) is 19.5 Å². The number of primary amides is 1. The second-order valence-electron chi connectivity index (χ2n) is 16.9. The fraction of sp³-hybridized carbons (Fsp3) is 0.511. The van der Waals surface area contributed by atoms with E-state index >= 15 is 0 Å². The van der Waals surface area contributed by atoms with Crippen molar-refractivity contribution in [1.82, 2.24) is 25.8 Å². The van der Waals surface area contributed by atoms with E-state index in [1.54, 1.807) is 0 Å². The van der Waals surface area contributed by atoms with Crippen LogP contribution in [-0.4, -0.2) is 109 Å². The number of carbonyl (C=O) groups excluding carboxylic acids is 4. The van der Waals surface area contributed by atoms with Crippen LogP contribution in [0.3, 0.4) is 0 Å². The van der Waals surface area contributed by atoms with Gasteiger partial charge in [0.1, 0.15) is 17.7 Å². The first kappa shape index (κ1) is 41.7. The Balaban J connectivity index is 0.981. The lowest BCUT2D eigenvalue weighted by molar-refractivity contribution is -0.601. The van der Waals surface area contributed by atoms with Gasteiger partial charge < -0.3 is 35.2 Å². The zero-order valence-electron chi connectivity index (χ0n) is 35.2. The predicted molar refractivity (Wildman–Crippen MR) is 226 cm³/mol. The lowest BCUT2D eigenvalue weighted by atomic mass is 9.93. The molecule has 314 valence electrons. The largest absolute Gasteiger partial charge is 0.513 e. The number of nitrogens with two attached hydrogens (primary N) is 1. The van der Waals surface area contributed by atoms with Gasteiger partial charge in [-0.05, 0) is 78.8 Å². The molecule has 0 saturated carbocycles. The average Bonchev–Trinajstić information content (AvgIpc) is 4.07. The molecule has 1 aliphatic carbocycles. The molecule has 59 heavy (non-hydrogen) atoms. The number of nitrogens with one attached hydrogen (secondary N) is 3. The molecule has 4 heterocycles. The second kappa shape index (κ2) is 17.8. The first-order valence-electron chi connectivity index (χ1n) is 21.1. The van der Waals surface area contributed by atoms with Crippen molar-refractivity contribution in [3.63, 3.8) is 0 Å². The highest BCUT2D eigenvalue weighted by Gasteiger charge is 2.43. The maximum Gasteiger partial charge on any atom is 0.513 e. The average molecular weight is 808 g/mol. The summed E-state index contributed by atoms with van der Waals surface area (Å²) < 4.78 is 9.62. The third-order valence-corrected chi connectivity index (χ3v) is 12.3. The molecule has 14 nitrogen and oxygen atoms in total. The number of carbonyl (C=O) groups is 4. The van der Waals surface area contributed by atoms with E-state index in [1.165, 1.54) is 19.5 Å². The highest BCUT2D eigenvalue weighted by atomic mass is 16.5. The smallest absolute Gasteiger partial charge is 0.453 e. The molecule has 0 aromatic heterocycles. The van der Waals surface area contributed by atoms with Gasteiger partial charge in [0.15, 0.2) is 6.04 Å². The van der Waals surface area contributed by atoms with Crippen molar-refractivity contribution in [3.8, 4) is 11.1 Å². The number of quaternary nitrogens is 1. The molecule has 7 rings (SSSR count). The number of aliphatic imine (C=N–C) groups is 2. The minimum absolute atomic E-state index is 0.00936. The summed E-state index contributed by atoms with van der Waals surface area (Å²) in [6.07, 6.45) is 7.46. The standard InChI is InChI=1S/C45H58N8O6/c1-25(2)37(50-44(56)58-6)42(54)52-22-8-10-35(52)40-46-27(5)39(49-40)31-18-16-29(17-19-31)28-12-14-30(15-13-28)32-20-21-33-34(24-32)48-41(47-33)36-11-9-23-53(36)43(55)38(26(3)4)51-45(57)59-7/h12-20,24-27,33,35-39H,8-11,21-23H2,1-7H3,(H,46,49)(H,47,48)(H,50,56)(H,51,57)/p+1. The SMILES string of the molecule is COC(=O)NC(C(=O)N1CCCC1C1=NC2CC=C(c3ccc(-c4ccc(C5N=C(C6CCCN6C(=O)C([NH2+]C(=O)OC)C(C)C)NC5C)cc4)cc3)C=C2N1)C(C)C. The summed E-state index contributed by atoms with van der Waals surface area (Å²) in [5.74, 6) is 1.35. The number of ether oxygens (including phenoxy) is 2. The van der Waals surface area contributed by atoms with Gasteiger partial charge in [-0.25, -0.2) is 10.1 Å². The molecule has 4 aliphatic heterocycles. The summed E-state index contributed by atoms with van der Waals surface area (Å²) in [5, 5.41) is 11.3. The Hall–Kier alpha value is -5.50. The van der Waals surface area contributed by atoms with Crippen molar-refractivity contribution in [1.29, 1.82) is 0 Å². The van der Waals surface area contributed by atoms with Crippen LogP contribution in [0.2, 0.25) is 0 Å². The minimum atomic E-state index is -0.672. The second-order valence-corrected chi connectivity index (χ2v) is 16.9. The molecule has 7 atom stereocenters. The van der Waals surface area contributed by atoms with Gasteiger partial charge in [0.25, 0.3) is 5.91 Å². The lowest BCUT2D eigenvalue weighted by Crippen LogP contribution is -2.97. The molecule has 5 aliphatic rings. The number of amides is 4. The molecule has 4 amide bonds. The zero-order valence-corrected chi connectivity index (χ0v) is 35.2. The summed E-state index contributed by atoms with van der Waals surface area (Å²) in [6.45, 7) is 11.1. The Morgan fingerprint density at radius 1 is 0.797 bits per heavy atom. The normalized spacial score (nSPS) is 24.7. The lowest BCUT2D eigenvalue weighted by Gasteiger charge is -2.30. The van der Waals surface area contributed by atoms with Crippen LogP contribution in [0.1, 0.15) is 83.9 Å². The van der Waals surface area contributed by atoms with E-state index in [9.17, 15) is 19.2 Å². The van der Waals surface area contributed by atoms with Gasteiger partial charge in [-0.15, -0.1) is 0 Å². The number of fused-ring (bicyclic) bond motifs is 1. The number of allylic oxidation sites excluding steroid dienone is 2. The van der Waals surface area contributed by atoms with Crippen molar-refractivity contribution in [2.24, 2.45) is 21.8 Å². The van der Waals surface area contributed by atoms with Crippen molar-refractivity contribution in [3.05, 3.63) is 77.5 Å². The van der Waals surface area contributed by atoms with Crippen LogP contribution in [0.25, 0.3) is 16.7 Å². The fourth-order valence-corrected chi connectivity index (χ4v) is 9.00. The van der Waals surface area contributed by atoms with Crippen LogP contribution < -0.4 is 21.3 Å². The highest BCUT2D eigenvalue weighted by molar-refractivity contribution is 5.98. The van der Waals surface area contributed by atoms with Crippen LogP contribution in [0.4, 0.5) is 9.59 Å². The molecule has 2 aromatic carbocycles. The van der Waals surface area contributed by atoms with Gasteiger partial charge in [0, 0.05) is 24.7 Å². The van der Waals surface area contributed by atoms with Crippen LogP contribution in [0.5, 0.6) is 0 Å². The molecule has 0 radical (unpaired) electrons. The first-order valence-corrected chi connectivity index (χ1v) is 21.1. The number of hydrogen-bond acceptors (Lipinski definition) is 10. The van der Waals surface area contributed by atoms with Gasteiger partial charge in [-0.3, -0.25) is 19.6 Å². The summed E-state index contributed by atoms with van der Waals surface area (Å²) in [6, 6.07) is 15.6. The zero-order chi connectivity index (χ0) is 42.0. The van der Waals surface area contributed by atoms with Crippen molar-refractivity contribution in [2.75, 3.05) is 27.3 Å². The molecule has 2 saturated heterocycles. The maximum absolute atomic E-state index is 13.7. The van der Waals surface area contributed by atoms with Crippen LogP contribution >= 0.6 is 0 Å². The summed E-state index contributed by atoms with van der Waals surface area (Å²) in [5.41, 5.74) is 6.62. The number of likely N-dealkylation sites (tertiary alicyclic amines) is 2. The fourth-order valence-electron chi connectivity index (χ4n) is 9.00. The Labute approximate surface area is 347 Å². The van der Waals surface area contributed by atoms with Gasteiger partial charge in [0.05, 0.1) is 44.4 Å². The number of rotatable bonds is 11. The van der Waals surface area contributed by atoms with E-state index in [-0.39, 0.29) is 53.9 Å². The maximum atomic E-state index is 13.7. The highest BCUT2D eigenvalue weighted by Crippen LogP contribution is 2.34. The molecule has 2 fully saturated rings. The third-order valence-electron chi connectivity index (χ3n) is 12.3. The summed E-state index contributed by atoms with van der Waals surface area (Å²) in [7, 11) is 2.63. The Morgan fingerprint density at radius 2 is 1.41 bits per heavy atom. The van der Waals surface area contributed by atoms with E-state index < -0.39 is 24.3 Å². The number of hydrogen-bond donors (Lipinski definition) is 4. The van der Waals surface area contributed by atoms with E-state index in [1.807, 2.05) is 37.5 Å². The van der Waals surface area contributed by atoms with Crippen molar-refractivity contribution >= 4 is 41.2 Å². The molecule has 7 unspecified atom stereocenters. The van der Waals surface area contributed by atoms with Crippen LogP contribution in [0, 0.1) is 11.8 Å². The minimum Gasteiger partial charge on any atom is -0.453 e. The van der Waals surface area contributed by atoms with Crippen molar-refractivity contribution in [2.45, 2.75) is 109 Å². The molecule has 2 aromatic rings. The molecular formula is C45H59N8O6+. The van der Waals surface area contributed by atoms with Gasteiger partial charge >= 0.3 is 12.2 Å². The molecule has 0 spiro atoms. The monoisotopic (exact) mass is 807 g/mol. The Kier molecular flexibility index (Phi) is 12.6. The van der Waals surface area contributed by atoms with Crippen LogP contribution in [-0.2, 0) is 19.1 Å². The van der Waals surface area contributed by atoms with E-state index in [0.717, 1.165) is 77.3 Å². The molecule has 14 heteroatoms. The molecular weight excluding hydrogens is 749 g/mol. The number of methoxy groups -OCH3 is 2. The topological polar surface area (TPSA) is 171 Å². The summed E-state index contributed by atoms with van der Waals surface area (Å²) in [4.78, 5) is 65.3. The predicted octanol–water partition coefficient (Wildman–Crippen LogP) is 4.54. The Bertz CT molecular complexity index is 2040. The van der Waals surface area contributed by atoms with Gasteiger partial charge in [0.2, 0.25) is 5.91 Å². The number of alkyl carbamates (subject to hydrolysis) is 1. The molecule has 0 bridgehead atoms.